The van der Waals surface area contributed by atoms with E-state index in [1.807, 2.05) is 63.2 Å². The summed E-state index contributed by atoms with van der Waals surface area (Å²) in [5, 5.41) is 2.78. The summed E-state index contributed by atoms with van der Waals surface area (Å²) in [4.78, 5) is 26.8. The number of ether oxygens (including phenoxy) is 1. The Morgan fingerprint density at radius 1 is 1.14 bits per heavy atom. The van der Waals surface area contributed by atoms with Crippen LogP contribution < -0.4 is 10.1 Å². The molecule has 1 atom stereocenters. The monoisotopic (exact) mass is 446 g/mol. The number of nitrogens with one attached hydrogen (secondary N) is 1. The fourth-order valence-corrected chi connectivity index (χ4v) is 3.14. The van der Waals surface area contributed by atoms with Crippen molar-refractivity contribution in [1.29, 1.82) is 0 Å². The largest absolute Gasteiger partial charge is 0.483 e. The smallest absolute Gasteiger partial charge is 0.261 e. The summed E-state index contributed by atoms with van der Waals surface area (Å²) in [5.74, 6) is 0.259. The van der Waals surface area contributed by atoms with Gasteiger partial charge in [-0.15, -0.1) is 0 Å². The molecule has 0 aromatic heterocycles. The Labute approximate surface area is 175 Å². The number of carbonyl (C=O) groups excluding carboxylic acids is 2. The first-order valence-corrected chi connectivity index (χ1v) is 10.1. The lowest BCUT2D eigenvalue weighted by molar-refractivity contribution is -0.142. The van der Waals surface area contributed by atoms with Gasteiger partial charge in [0.25, 0.3) is 5.91 Å². The molecule has 0 radical (unpaired) electrons. The first-order valence-electron chi connectivity index (χ1n) is 9.33. The van der Waals surface area contributed by atoms with Gasteiger partial charge >= 0.3 is 0 Å². The number of likely N-dealkylation sites (N-methyl/N-ethyl adjacent to an activating group) is 1. The van der Waals surface area contributed by atoms with Gasteiger partial charge in [-0.1, -0.05) is 45.8 Å². The molecule has 6 heteroatoms. The predicted molar refractivity (Wildman–Crippen MR) is 114 cm³/mol. The highest BCUT2D eigenvalue weighted by Gasteiger charge is 2.26. The molecule has 5 nitrogen and oxygen atoms in total. The Kier molecular flexibility index (Phi) is 8.05. The Hall–Kier alpha value is -2.34. The van der Waals surface area contributed by atoms with Crippen LogP contribution in [0.3, 0.4) is 0 Å². The molecule has 0 heterocycles. The second-order valence-electron chi connectivity index (χ2n) is 6.78. The minimum Gasteiger partial charge on any atom is -0.483 e. The number of hydrogen-bond acceptors (Lipinski definition) is 3. The molecule has 2 aromatic rings. The number of aryl methyl sites for hydroxylation is 2. The third-order valence-corrected chi connectivity index (χ3v) is 4.99. The zero-order valence-corrected chi connectivity index (χ0v) is 18.4. The average molecular weight is 447 g/mol. The minimum atomic E-state index is -0.598. The molecular formula is C22H27BrN2O3. The van der Waals surface area contributed by atoms with Crippen LogP contribution in [0.15, 0.2) is 46.9 Å². The first kappa shape index (κ1) is 22.0. The number of amides is 2. The Morgan fingerprint density at radius 3 is 2.43 bits per heavy atom. The van der Waals surface area contributed by atoms with Crippen LogP contribution in [0.4, 0.5) is 0 Å². The number of halogens is 1. The van der Waals surface area contributed by atoms with Gasteiger partial charge in [-0.3, -0.25) is 9.59 Å². The first-order chi connectivity index (χ1) is 13.3. The lowest BCUT2D eigenvalue weighted by Gasteiger charge is -2.28. The van der Waals surface area contributed by atoms with E-state index in [9.17, 15) is 9.59 Å². The van der Waals surface area contributed by atoms with Crippen LogP contribution >= 0.6 is 15.9 Å². The molecule has 1 N–H and O–H groups in total. The van der Waals surface area contributed by atoms with Gasteiger partial charge in [-0.25, -0.2) is 0 Å². The molecule has 28 heavy (non-hydrogen) atoms. The summed E-state index contributed by atoms with van der Waals surface area (Å²) in [6.45, 7) is 8.28. The second-order valence-corrected chi connectivity index (χ2v) is 7.69. The maximum atomic E-state index is 12.9. The van der Waals surface area contributed by atoms with Gasteiger partial charge in [0.05, 0.1) is 0 Å². The summed E-state index contributed by atoms with van der Waals surface area (Å²) >= 11 is 3.41. The Morgan fingerprint density at radius 2 is 1.82 bits per heavy atom. The minimum absolute atomic E-state index is 0.121. The standard InChI is InChI=1S/C22H27BrN2O3/c1-5-24-22(27)17(4)25(13-18-7-9-19(23)10-8-18)21(26)14-28-20-11-6-15(2)12-16(20)3/h6-12,17H,5,13-14H2,1-4H3,(H,24,27)/t17-/m1/s1. The molecule has 2 rings (SSSR count). The van der Waals surface area contributed by atoms with Crippen LogP contribution in [0.2, 0.25) is 0 Å². The SMILES string of the molecule is CCNC(=O)[C@@H](C)N(Cc1ccc(Br)cc1)C(=O)COc1ccc(C)cc1C. The van der Waals surface area contributed by atoms with Gasteiger partial charge < -0.3 is 15.0 Å². The summed E-state index contributed by atoms with van der Waals surface area (Å²) in [5.41, 5.74) is 3.06. The maximum Gasteiger partial charge on any atom is 0.261 e. The topological polar surface area (TPSA) is 58.6 Å². The van der Waals surface area contributed by atoms with Gasteiger partial charge in [-0.2, -0.15) is 0 Å². The van der Waals surface area contributed by atoms with Crippen LogP contribution in [0, 0.1) is 13.8 Å². The van der Waals surface area contributed by atoms with Gasteiger partial charge in [-0.05, 0) is 57.0 Å². The van der Waals surface area contributed by atoms with Crippen molar-refractivity contribution in [3.05, 3.63) is 63.6 Å². The molecule has 0 saturated heterocycles. The van der Waals surface area contributed by atoms with Crippen molar-refractivity contribution >= 4 is 27.7 Å². The molecule has 0 aliphatic carbocycles. The van der Waals surface area contributed by atoms with Crippen LogP contribution in [0.1, 0.15) is 30.5 Å². The molecule has 2 aromatic carbocycles. The average Bonchev–Trinajstić information content (AvgIpc) is 2.66. The lowest BCUT2D eigenvalue weighted by Crippen LogP contribution is -2.49. The van der Waals surface area contributed by atoms with Gasteiger partial charge in [0.2, 0.25) is 5.91 Å². The molecule has 0 aliphatic rings. The van der Waals surface area contributed by atoms with E-state index < -0.39 is 6.04 Å². The van der Waals surface area contributed by atoms with Crippen molar-refractivity contribution in [2.24, 2.45) is 0 Å². The predicted octanol–water partition coefficient (Wildman–Crippen LogP) is 4.00. The molecule has 0 fully saturated rings. The van der Waals surface area contributed by atoms with Crippen LogP contribution in [-0.4, -0.2) is 35.9 Å². The third-order valence-electron chi connectivity index (χ3n) is 4.47. The molecule has 0 unspecified atom stereocenters. The van der Waals surface area contributed by atoms with Crippen molar-refractivity contribution in [3.8, 4) is 5.75 Å². The fraction of sp³-hybridized carbons (Fsp3) is 0.364. The molecular weight excluding hydrogens is 420 g/mol. The van der Waals surface area contributed by atoms with Crippen LogP contribution in [0.25, 0.3) is 0 Å². The van der Waals surface area contributed by atoms with Gasteiger partial charge in [0.1, 0.15) is 11.8 Å². The van der Waals surface area contributed by atoms with E-state index in [-0.39, 0.29) is 18.4 Å². The van der Waals surface area contributed by atoms with Crippen molar-refractivity contribution in [3.63, 3.8) is 0 Å². The van der Waals surface area contributed by atoms with E-state index in [1.165, 1.54) is 0 Å². The Balaban J connectivity index is 2.15. The summed E-state index contributed by atoms with van der Waals surface area (Å²) in [6.07, 6.45) is 0. The van der Waals surface area contributed by atoms with Crippen molar-refractivity contribution in [2.45, 2.75) is 40.3 Å². The molecule has 0 bridgehead atoms. The molecule has 0 aliphatic heterocycles. The number of hydrogen-bond donors (Lipinski definition) is 1. The Bertz CT molecular complexity index is 821. The maximum absolute atomic E-state index is 12.9. The molecule has 150 valence electrons. The number of rotatable bonds is 8. The van der Waals surface area contributed by atoms with E-state index >= 15 is 0 Å². The zero-order valence-electron chi connectivity index (χ0n) is 16.8. The van der Waals surface area contributed by atoms with Gasteiger partial charge in [0.15, 0.2) is 6.61 Å². The van der Waals surface area contributed by atoms with Crippen molar-refractivity contribution < 1.29 is 14.3 Å². The molecule has 2 amide bonds. The highest BCUT2D eigenvalue weighted by atomic mass is 79.9. The number of nitrogens with zero attached hydrogens (tertiary/aromatic N) is 1. The summed E-state index contributed by atoms with van der Waals surface area (Å²) in [6, 6.07) is 12.9. The van der Waals surface area contributed by atoms with Gasteiger partial charge in [0, 0.05) is 17.6 Å². The number of carbonyl (C=O) groups is 2. The van der Waals surface area contributed by atoms with Crippen molar-refractivity contribution in [1.82, 2.24) is 10.2 Å². The zero-order chi connectivity index (χ0) is 20.7. The molecule has 0 spiro atoms. The highest BCUT2D eigenvalue weighted by molar-refractivity contribution is 9.10. The quantitative estimate of drug-likeness (QED) is 0.666. The fourth-order valence-electron chi connectivity index (χ4n) is 2.87. The van der Waals surface area contributed by atoms with Crippen LogP contribution in [0.5, 0.6) is 5.75 Å². The third kappa shape index (κ3) is 6.09. The van der Waals surface area contributed by atoms with E-state index in [0.29, 0.717) is 18.8 Å². The summed E-state index contributed by atoms with van der Waals surface area (Å²) < 4.78 is 6.71. The van der Waals surface area contributed by atoms with E-state index in [2.05, 4.69) is 21.2 Å². The van der Waals surface area contributed by atoms with E-state index in [1.54, 1.807) is 11.8 Å². The van der Waals surface area contributed by atoms with E-state index in [4.69, 9.17) is 4.74 Å². The molecule has 0 saturated carbocycles. The lowest BCUT2D eigenvalue weighted by atomic mass is 10.1. The normalized spacial score (nSPS) is 11.6. The van der Waals surface area contributed by atoms with Crippen molar-refractivity contribution in [2.75, 3.05) is 13.2 Å². The second kappa shape index (κ2) is 10.3. The van der Waals surface area contributed by atoms with Crippen LogP contribution in [-0.2, 0) is 16.1 Å². The summed E-state index contributed by atoms with van der Waals surface area (Å²) in [7, 11) is 0. The van der Waals surface area contributed by atoms with E-state index in [0.717, 1.165) is 21.2 Å². The number of benzene rings is 2. The highest BCUT2D eigenvalue weighted by Crippen LogP contribution is 2.19.